The summed E-state index contributed by atoms with van der Waals surface area (Å²) < 4.78 is 44.7. The Morgan fingerprint density at radius 1 is 0.900 bits per heavy atom. The lowest BCUT2D eigenvalue weighted by Crippen LogP contribution is -2.26. The molecular weight excluding hydrogens is 173 g/mol. The second-order valence-corrected chi connectivity index (χ2v) is 1.44. The van der Waals surface area contributed by atoms with Crippen molar-refractivity contribution in [2.45, 2.75) is 12.9 Å². The van der Waals surface area contributed by atoms with Gasteiger partial charge in [-0.1, -0.05) is 0 Å². The first-order valence-electron chi connectivity index (χ1n) is 2.40. The van der Waals surface area contributed by atoms with Crippen LogP contribution in [0.1, 0.15) is 0 Å². The van der Waals surface area contributed by atoms with Crippen molar-refractivity contribution in [3.63, 3.8) is 0 Å². The molecule has 0 unspecified atom stereocenters. The van der Waals surface area contributed by atoms with Crippen LogP contribution in [0.3, 0.4) is 0 Å². The third-order valence-corrected chi connectivity index (χ3v) is 0.597. The van der Waals surface area contributed by atoms with Crippen LogP contribution in [0.4, 0.5) is 17.6 Å². The Kier molecular flexibility index (Phi) is 8.94. The molecule has 1 nitrogen and oxygen atoms in total. The smallest absolute Gasteiger partial charge is 0.250 e. The zero-order chi connectivity index (χ0) is 7.28. The molecule has 1 N–H and O–H groups in total. The highest BCUT2D eigenvalue weighted by Gasteiger charge is 2.04. The summed E-state index contributed by atoms with van der Waals surface area (Å²) in [5, 5.41) is 1.88. The number of rotatable bonds is 4. The minimum Gasteiger partial charge on any atom is -0.306 e. The fourth-order valence-electron chi connectivity index (χ4n) is 0.302. The van der Waals surface area contributed by atoms with Gasteiger partial charge in [0.25, 0.3) is 12.9 Å². The van der Waals surface area contributed by atoms with E-state index in [1.54, 1.807) is 0 Å². The number of alkyl halides is 4. The van der Waals surface area contributed by atoms with Crippen LogP contribution in [0.5, 0.6) is 0 Å². The molecule has 0 heterocycles. The normalized spacial score (nSPS) is 10.2. The molecule has 0 aliphatic carbocycles. The van der Waals surface area contributed by atoms with Crippen LogP contribution >= 0.6 is 12.4 Å². The molecular formula is C4H8ClF4N. The largest absolute Gasteiger partial charge is 0.306 e. The first-order chi connectivity index (χ1) is 4.13. The maximum absolute atomic E-state index is 11.2. The second-order valence-electron chi connectivity index (χ2n) is 1.44. The molecule has 0 saturated heterocycles. The number of hydrogen-bond donors (Lipinski definition) is 1. The van der Waals surface area contributed by atoms with Crippen molar-refractivity contribution in [3.8, 4) is 0 Å². The number of hydrogen-bond acceptors (Lipinski definition) is 1. The van der Waals surface area contributed by atoms with Crippen LogP contribution in [0, 0.1) is 0 Å². The van der Waals surface area contributed by atoms with Gasteiger partial charge in [0.05, 0.1) is 13.1 Å². The summed E-state index contributed by atoms with van der Waals surface area (Å²) in [5.74, 6) is 0. The van der Waals surface area contributed by atoms with Gasteiger partial charge in [-0.2, -0.15) is 0 Å². The monoisotopic (exact) mass is 181 g/mol. The predicted molar refractivity (Wildman–Crippen MR) is 32.1 cm³/mol. The van der Waals surface area contributed by atoms with Crippen LogP contribution in [0.15, 0.2) is 0 Å². The fraction of sp³-hybridized carbons (Fsp3) is 1.00. The van der Waals surface area contributed by atoms with Crippen LogP contribution in [-0.2, 0) is 0 Å². The van der Waals surface area contributed by atoms with Gasteiger partial charge in [0.1, 0.15) is 0 Å². The summed E-state index contributed by atoms with van der Waals surface area (Å²) in [6.07, 6.45) is -5.10. The predicted octanol–water partition coefficient (Wildman–Crippen LogP) is 1.53. The molecule has 0 spiro atoms. The molecule has 64 valence electrons. The molecule has 0 fully saturated rings. The van der Waals surface area contributed by atoms with Crippen molar-refractivity contribution in [1.82, 2.24) is 5.32 Å². The molecule has 0 aromatic heterocycles. The Hall–Kier alpha value is -0.0300. The molecule has 0 aromatic rings. The van der Waals surface area contributed by atoms with Gasteiger partial charge in [0.2, 0.25) is 0 Å². The van der Waals surface area contributed by atoms with Crippen LogP contribution in [0.25, 0.3) is 0 Å². The lowest BCUT2D eigenvalue weighted by atomic mass is 10.6. The minimum atomic E-state index is -2.55. The Morgan fingerprint density at radius 3 is 1.40 bits per heavy atom. The van der Waals surface area contributed by atoms with Gasteiger partial charge in [0.15, 0.2) is 0 Å². The van der Waals surface area contributed by atoms with Gasteiger partial charge in [-0.25, -0.2) is 17.6 Å². The SMILES string of the molecule is Cl.FC(F)CNCC(F)F. The molecule has 0 aliphatic rings. The average molecular weight is 182 g/mol. The summed E-state index contributed by atoms with van der Waals surface area (Å²) in [5.41, 5.74) is 0. The van der Waals surface area contributed by atoms with Crippen LogP contribution in [-0.4, -0.2) is 25.9 Å². The van der Waals surface area contributed by atoms with E-state index in [0.29, 0.717) is 0 Å². The first-order valence-corrected chi connectivity index (χ1v) is 2.40. The van der Waals surface area contributed by atoms with Crippen molar-refractivity contribution in [1.29, 1.82) is 0 Å². The van der Waals surface area contributed by atoms with Gasteiger partial charge < -0.3 is 5.32 Å². The van der Waals surface area contributed by atoms with Crippen LogP contribution < -0.4 is 5.32 Å². The summed E-state index contributed by atoms with van der Waals surface area (Å²) >= 11 is 0. The van der Waals surface area contributed by atoms with Gasteiger partial charge >= 0.3 is 0 Å². The van der Waals surface area contributed by atoms with Gasteiger partial charge in [-0.3, -0.25) is 0 Å². The molecule has 0 bridgehead atoms. The van der Waals surface area contributed by atoms with E-state index in [-0.39, 0.29) is 12.4 Å². The molecule has 0 aliphatic heterocycles. The van der Waals surface area contributed by atoms with E-state index in [0.717, 1.165) is 0 Å². The highest BCUT2D eigenvalue weighted by molar-refractivity contribution is 5.85. The van der Waals surface area contributed by atoms with E-state index >= 15 is 0 Å². The standard InChI is InChI=1S/C4H7F4N.ClH/c5-3(6)1-9-2-4(7)8;/h3-4,9H,1-2H2;1H. The molecule has 0 saturated carbocycles. The van der Waals surface area contributed by atoms with E-state index in [9.17, 15) is 17.6 Å². The van der Waals surface area contributed by atoms with Gasteiger partial charge in [-0.15, -0.1) is 12.4 Å². The molecule has 0 radical (unpaired) electrons. The maximum Gasteiger partial charge on any atom is 0.250 e. The Balaban J connectivity index is 0. The summed E-state index contributed by atoms with van der Waals surface area (Å²) in [7, 11) is 0. The van der Waals surface area contributed by atoms with Crippen molar-refractivity contribution >= 4 is 12.4 Å². The fourth-order valence-corrected chi connectivity index (χ4v) is 0.302. The molecule has 10 heavy (non-hydrogen) atoms. The molecule has 0 amide bonds. The van der Waals surface area contributed by atoms with Crippen LogP contribution in [0.2, 0.25) is 0 Å². The van der Waals surface area contributed by atoms with E-state index in [2.05, 4.69) is 0 Å². The topological polar surface area (TPSA) is 12.0 Å². The lowest BCUT2D eigenvalue weighted by molar-refractivity contribution is 0.117. The summed E-state index contributed by atoms with van der Waals surface area (Å²) in [6.45, 7) is -1.32. The van der Waals surface area contributed by atoms with E-state index in [1.807, 2.05) is 5.32 Å². The quantitative estimate of drug-likeness (QED) is 0.649. The van der Waals surface area contributed by atoms with Gasteiger partial charge in [0, 0.05) is 0 Å². The molecule has 0 rings (SSSR count). The van der Waals surface area contributed by atoms with E-state index in [1.165, 1.54) is 0 Å². The Morgan fingerprint density at radius 2 is 1.20 bits per heavy atom. The number of halogens is 5. The second kappa shape index (κ2) is 7.08. The molecule has 0 atom stereocenters. The van der Waals surface area contributed by atoms with Crippen molar-refractivity contribution in [3.05, 3.63) is 0 Å². The highest BCUT2D eigenvalue weighted by atomic mass is 35.5. The number of nitrogens with one attached hydrogen (secondary N) is 1. The third-order valence-electron chi connectivity index (χ3n) is 0.597. The van der Waals surface area contributed by atoms with E-state index in [4.69, 9.17) is 0 Å². The lowest BCUT2D eigenvalue weighted by Gasteiger charge is -2.00. The summed E-state index contributed by atoms with van der Waals surface area (Å²) in [6, 6.07) is 0. The molecule has 6 heteroatoms. The maximum atomic E-state index is 11.2. The highest BCUT2D eigenvalue weighted by Crippen LogP contribution is 1.90. The van der Waals surface area contributed by atoms with Crippen molar-refractivity contribution in [2.24, 2.45) is 0 Å². The van der Waals surface area contributed by atoms with Crippen molar-refractivity contribution in [2.75, 3.05) is 13.1 Å². The zero-order valence-electron chi connectivity index (χ0n) is 4.99. The van der Waals surface area contributed by atoms with Crippen molar-refractivity contribution < 1.29 is 17.6 Å². The summed E-state index contributed by atoms with van der Waals surface area (Å²) in [4.78, 5) is 0. The Bertz CT molecular complexity index is 62.3. The van der Waals surface area contributed by atoms with E-state index < -0.39 is 25.9 Å². The van der Waals surface area contributed by atoms with Gasteiger partial charge in [-0.05, 0) is 0 Å². The first kappa shape index (κ1) is 12.6. The third kappa shape index (κ3) is 10.9. The average Bonchev–Trinajstić information content (AvgIpc) is 1.63. The minimum absolute atomic E-state index is 0. The molecule has 0 aromatic carbocycles. The Labute approximate surface area is 62.2 Å². The zero-order valence-corrected chi connectivity index (χ0v) is 5.81.